The number of aromatic nitrogens is 2. The third kappa shape index (κ3) is 5.61. The Morgan fingerprint density at radius 1 is 1.11 bits per heavy atom. The second-order valence-corrected chi connectivity index (χ2v) is 11.0. The Morgan fingerprint density at radius 3 is 2.39 bits per heavy atom. The van der Waals surface area contributed by atoms with E-state index < -0.39 is 11.4 Å². The molecule has 8 nitrogen and oxygen atoms in total. The minimum absolute atomic E-state index is 0.0676. The largest absolute Gasteiger partial charge is 0.444 e. The minimum Gasteiger partial charge on any atom is -0.444 e. The van der Waals surface area contributed by atoms with Crippen LogP contribution < -0.4 is 9.80 Å². The zero-order valence-electron chi connectivity index (χ0n) is 23.4. The quantitative estimate of drug-likeness (QED) is 0.432. The fraction of sp³-hybridized carbons (Fsp3) is 0.483. The summed E-state index contributed by atoms with van der Waals surface area (Å²) in [5.41, 5.74) is 3.47. The van der Waals surface area contributed by atoms with E-state index in [1.165, 1.54) is 12.1 Å². The van der Waals surface area contributed by atoms with Crippen molar-refractivity contribution >= 4 is 28.9 Å². The standard InChI is InChI=1S/C29H38FN5O3/c1-8-27(36)35(19(2)3)25-15-21(30)9-10-23(25)24-16-22(18-34-20(4)31-17-26(24)34)32-11-13-33(14-12-32)28(37)38-29(5,6)7/h9-10,15-19H,8,11-14H2,1-7H3. The first-order valence-corrected chi connectivity index (χ1v) is 13.2. The summed E-state index contributed by atoms with van der Waals surface area (Å²) in [6, 6.07) is 6.54. The second-order valence-electron chi connectivity index (χ2n) is 11.0. The topological polar surface area (TPSA) is 70.4 Å². The average molecular weight is 524 g/mol. The molecule has 0 aliphatic carbocycles. The molecule has 2 aromatic heterocycles. The van der Waals surface area contributed by atoms with E-state index in [4.69, 9.17) is 4.74 Å². The molecule has 3 heterocycles. The van der Waals surface area contributed by atoms with Gasteiger partial charge >= 0.3 is 6.09 Å². The van der Waals surface area contributed by atoms with Gasteiger partial charge < -0.3 is 23.8 Å². The molecule has 0 radical (unpaired) electrons. The number of benzene rings is 1. The molecule has 0 saturated carbocycles. The highest BCUT2D eigenvalue weighted by molar-refractivity contribution is 6.00. The van der Waals surface area contributed by atoms with Crippen molar-refractivity contribution in [1.82, 2.24) is 14.3 Å². The molecular weight excluding hydrogens is 485 g/mol. The van der Waals surface area contributed by atoms with Gasteiger partial charge in [-0.3, -0.25) is 4.79 Å². The highest BCUT2D eigenvalue weighted by atomic mass is 19.1. The third-order valence-electron chi connectivity index (χ3n) is 6.70. The summed E-state index contributed by atoms with van der Waals surface area (Å²) >= 11 is 0. The van der Waals surface area contributed by atoms with E-state index in [-0.39, 0.29) is 18.0 Å². The number of fused-ring (bicyclic) bond motifs is 1. The van der Waals surface area contributed by atoms with E-state index in [1.54, 1.807) is 15.9 Å². The van der Waals surface area contributed by atoms with Gasteiger partial charge in [0.2, 0.25) is 5.91 Å². The number of imidazole rings is 1. The number of piperazine rings is 1. The fourth-order valence-electron chi connectivity index (χ4n) is 4.87. The maximum absolute atomic E-state index is 14.5. The number of halogens is 1. The van der Waals surface area contributed by atoms with E-state index in [0.29, 0.717) is 38.3 Å². The van der Waals surface area contributed by atoms with Gasteiger partial charge in [0.1, 0.15) is 17.2 Å². The first kappa shape index (κ1) is 27.4. The maximum Gasteiger partial charge on any atom is 0.410 e. The van der Waals surface area contributed by atoms with Crippen LogP contribution in [0.5, 0.6) is 0 Å². The summed E-state index contributed by atoms with van der Waals surface area (Å²) in [4.78, 5) is 35.7. The van der Waals surface area contributed by atoms with Gasteiger partial charge in [-0.25, -0.2) is 14.2 Å². The van der Waals surface area contributed by atoms with Crippen molar-refractivity contribution < 1.29 is 18.7 Å². The molecule has 0 atom stereocenters. The van der Waals surface area contributed by atoms with E-state index in [9.17, 15) is 14.0 Å². The molecule has 1 fully saturated rings. The zero-order chi connectivity index (χ0) is 27.8. The molecule has 0 bridgehead atoms. The van der Waals surface area contributed by atoms with Crippen LogP contribution in [0, 0.1) is 12.7 Å². The van der Waals surface area contributed by atoms with Crippen molar-refractivity contribution in [1.29, 1.82) is 0 Å². The molecule has 1 saturated heterocycles. The highest BCUT2D eigenvalue weighted by Crippen LogP contribution is 2.38. The van der Waals surface area contributed by atoms with Gasteiger partial charge in [0, 0.05) is 56.0 Å². The van der Waals surface area contributed by atoms with E-state index in [1.807, 2.05) is 65.3 Å². The van der Waals surface area contributed by atoms with Crippen LogP contribution >= 0.6 is 0 Å². The van der Waals surface area contributed by atoms with Crippen LogP contribution in [0.1, 0.15) is 53.8 Å². The first-order valence-electron chi connectivity index (χ1n) is 13.2. The molecule has 9 heteroatoms. The van der Waals surface area contributed by atoms with Gasteiger partial charge in [-0.2, -0.15) is 0 Å². The van der Waals surface area contributed by atoms with Gasteiger partial charge in [-0.15, -0.1) is 0 Å². The number of aryl methyl sites for hydroxylation is 1. The molecule has 204 valence electrons. The normalized spacial score (nSPS) is 14.3. The number of carbonyl (C=O) groups excluding carboxylic acids is 2. The highest BCUT2D eigenvalue weighted by Gasteiger charge is 2.28. The molecule has 4 rings (SSSR count). The lowest BCUT2D eigenvalue weighted by molar-refractivity contribution is -0.118. The average Bonchev–Trinajstić information content (AvgIpc) is 3.23. The van der Waals surface area contributed by atoms with Crippen molar-refractivity contribution in [3.63, 3.8) is 0 Å². The molecular formula is C29H38FN5O3. The maximum atomic E-state index is 14.5. The van der Waals surface area contributed by atoms with Crippen molar-refractivity contribution in [3.8, 4) is 11.1 Å². The summed E-state index contributed by atoms with van der Waals surface area (Å²) < 4.78 is 22.1. The molecule has 3 aromatic rings. The fourth-order valence-corrected chi connectivity index (χ4v) is 4.87. The summed E-state index contributed by atoms with van der Waals surface area (Å²) in [6.07, 6.45) is 3.87. The number of amides is 2. The van der Waals surface area contributed by atoms with Crippen LogP contribution in [-0.4, -0.2) is 64.1 Å². The van der Waals surface area contributed by atoms with E-state index >= 15 is 0 Å². The predicted molar refractivity (Wildman–Crippen MR) is 148 cm³/mol. The van der Waals surface area contributed by atoms with Crippen LogP contribution in [0.2, 0.25) is 0 Å². The molecule has 1 aromatic carbocycles. The molecule has 2 amide bonds. The number of pyridine rings is 1. The van der Waals surface area contributed by atoms with E-state index in [0.717, 1.165) is 28.2 Å². The number of carbonyl (C=O) groups is 2. The Balaban J connectivity index is 1.75. The smallest absolute Gasteiger partial charge is 0.410 e. The van der Waals surface area contributed by atoms with Crippen LogP contribution in [0.3, 0.4) is 0 Å². The van der Waals surface area contributed by atoms with Gasteiger partial charge in [-0.1, -0.05) is 6.92 Å². The van der Waals surface area contributed by atoms with E-state index in [2.05, 4.69) is 16.0 Å². The Labute approximate surface area is 224 Å². The van der Waals surface area contributed by atoms with Crippen molar-refractivity contribution in [2.75, 3.05) is 36.0 Å². The van der Waals surface area contributed by atoms with Crippen LogP contribution in [-0.2, 0) is 9.53 Å². The Bertz CT molecular complexity index is 1340. The van der Waals surface area contributed by atoms with Gasteiger partial charge in [-0.05, 0) is 65.8 Å². The summed E-state index contributed by atoms with van der Waals surface area (Å²) in [5, 5.41) is 0. The Kier molecular flexibility index (Phi) is 7.67. The summed E-state index contributed by atoms with van der Waals surface area (Å²) in [7, 11) is 0. The molecule has 38 heavy (non-hydrogen) atoms. The van der Waals surface area contributed by atoms with Crippen LogP contribution in [0.15, 0.2) is 36.7 Å². The number of hydrogen-bond donors (Lipinski definition) is 0. The SMILES string of the molecule is CCC(=O)N(c1cc(F)ccc1-c1cc(N2CCN(C(=O)OC(C)(C)C)CC2)cn2c(C)ncc12)C(C)C. The molecule has 1 aliphatic rings. The third-order valence-corrected chi connectivity index (χ3v) is 6.70. The molecule has 0 N–H and O–H groups in total. The number of hydrogen-bond acceptors (Lipinski definition) is 5. The lowest BCUT2D eigenvalue weighted by Gasteiger charge is -2.37. The van der Waals surface area contributed by atoms with Gasteiger partial charge in [0.15, 0.2) is 0 Å². The van der Waals surface area contributed by atoms with Crippen molar-refractivity contribution in [2.24, 2.45) is 0 Å². The summed E-state index contributed by atoms with van der Waals surface area (Å²) in [5.74, 6) is 0.361. The first-order chi connectivity index (χ1) is 17.9. The number of nitrogens with zero attached hydrogens (tertiary/aromatic N) is 5. The Morgan fingerprint density at radius 2 is 1.79 bits per heavy atom. The number of ether oxygens (including phenoxy) is 1. The Hall–Kier alpha value is -3.62. The monoisotopic (exact) mass is 523 g/mol. The van der Waals surface area contributed by atoms with Crippen LogP contribution in [0.25, 0.3) is 16.6 Å². The lowest BCUT2D eigenvalue weighted by Crippen LogP contribution is -2.50. The van der Waals surface area contributed by atoms with Crippen molar-refractivity contribution in [3.05, 3.63) is 48.3 Å². The lowest BCUT2D eigenvalue weighted by atomic mass is 10.0. The van der Waals surface area contributed by atoms with Crippen LogP contribution in [0.4, 0.5) is 20.6 Å². The number of anilines is 2. The predicted octanol–water partition coefficient (Wildman–Crippen LogP) is 5.66. The summed E-state index contributed by atoms with van der Waals surface area (Å²) in [6.45, 7) is 15.6. The molecule has 0 spiro atoms. The van der Waals surface area contributed by atoms with Gasteiger partial charge in [0.05, 0.1) is 23.1 Å². The molecule has 1 aliphatic heterocycles. The second kappa shape index (κ2) is 10.6. The van der Waals surface area contributed by atoms with Gasteiger partial charge in [0.25, 0.3) is 0 Å². The molecule has 0 unspecified atom stereocenters. The number of rotatable bonds is 5. The minimum atomic E-state index is -0.539. The zero-order valence-corrected chi connectivity index (χ0v) is 23.4. The van der Waals surface area contributed by atoms with Crippen molar-refractivity contribution in [2.45, 2.75) is 66.5 Å².